The average molecular weight is 410 g/mol. The first kappa shape index (κ1) is 20.2. The lowest BCUT2D eigenvalue weighted by Gasteiger charge is -2.21. The van der Waals surface area contributed by atoms with Gasteiger partial charge in [0.25, 0.3) is 5.91 Å². The number of hydrogen-bond acceptors (Lipinski definition) is 3. The minimum absolute atomic E-state index is 0.109. The molecule has 1 aliphatic heterocycles. The molecule has 0 saturated carbocycles. The molecule has 0 atom stereocenters. The normalized spacial score (nSPS) is 14.5. The quantitative estimate of drug-likeness (QED) is 0.594. The predicted octanol–water partition coefficient (Wildman–Crippen LogP) is 5.12. The molecule has 0 spiro atoms. The van der Waals surface area contributed by atoms with Crippen molar-refractivity contribution in [2.24, 2.45) is 0 Å². The maximum atomic E-state index is 13.4. The number of hydrogen-bond donors (Lipinski definition) is 1. The van der Waals surface area contributed by atoms with E-state index in [-0.39, 0.29) is 11.8 Å². The molecule has 0 aliphatic carbocycles. The fourth-order valence-electron chi connectivity index (χ4n) is 3.47. The molecule has 2 amide bonds. The van der Waals surface area contributed by atoms with Crippen LogP contribution in [0.4, 0.5) is 11.4 Å². The molecule has 0 radical (unpaired) electrons. The third kappa shape index (κ3) is 4.41. The van der Waals surface area contributed by atoms with Gasteiger partial charge in [0.1, 0.15) is 5.75 Å². The van der Waals surface area contributed by atoms with Gasteiger partial charge in [-0.3, -0.25) is 14.5 Å². The first-order valence-corrected chi connectivity index (χ1v) is 9.90. The molecule has 1 heterocycles. The summed E-state index contributed by atoms with van der Waals surface area (Å²) in [5, 5.41) is 2.75. The van der Waals surface area contributed by atoms with Gasteiger partial charge in [-0.2, -0.15) is 0 Å². The van der Waals surface area contributed by atoms with Gasteiger partial charge in [-0.15, -0.1) is 0 Å². The summed E-state index contributed by atoms with van der Waals surface area (Å²) in [6.45, 7) is 1.46. The number of benzene rings is 3. The Hall–Kier alpha value is -4.12. The third-order valence-corrected chi connectivity index (χ3v) is 4.94. The SMILES string of the molecule is COc1ccc(/C=C2\C=C(c3ccccc3)N(c3ccc(NC(C)=O)cc3)C2=O)cc1. The Balaban J connectivity index is 1.73. The summed E-state index contributed by atoms with van der Waals surface area (Å²) >= 11 is 0. The lowest BCUT2D eigenvalue weighted by Crippen LogP contribution is -2.25. The van der Waals surface area contributed by atoms with Gasteiger partial charge < -0.3 is 10.1 Å². The summed E-state index contributed by atoms with van der Waals surface area (Å²) in [7, 11) is 1.62. The lowest BCUT2D eigenvalue weighted by molar-refractivity contribution is -0.114. The molecule has 154 valence electrons. The van der Waals surface area contributed by atoms with Gasteiger partial charge in [-0.25, -0.2) is 0 Å². The van der Waals surface area contributed by atoms with Gasteiger partial charge in [-0.1, -0.05) is 42.5 Å². The van der Waals surface area contributed by atoms with Gasteiger partial charge in [0.15, 0.2) is 0 Å². The number of carbonyl (C=O) groups excluding carboxylic acids is 2. The Morgan fingerprint density at radius 2 is 1.61 bits per heavy atom. The number of methoxy groups -OCH3 is 1. The number of anilines is 2. The molecule has 5 nitrogen and oxygen atoms in total. The van der Waals surface area contributed by atoms with E-state index in [1.807, 2.05) is 78.9 Å². The zero-order valence-corrected chi connectivity index (χ0v) is 17.3. The zero-order valence-electron chi connectivity index (χ0n) is 17.3. The fourth-order valence-corrected chi connectivity index (χ4v) is 3.47. The Kier molecular flexibility index (Phi) is 5.67. The van der Waals surface area contributed by atoms with Crippen LogP contribution >= 0.6 is 0 Å². The van der Waals surface area contributed by atoms with Crippen LogP contribution in [0.15, 0.2) is 90.5 Å². The van der Waals surface area contributed by atoms with E-state index in [1.54, 1.807) is 24.1 Å². The van der Waals surface area contributed by atoms with E-state index in [2.05, 4.69) is 5.32 Å². The first-order valence-electron chi connectivity index (χ1n) is 9.90. The molecule has 0 saturated heterocycles. The van der Waals surface area contributed by atoms with E-state index in [0.717, 1.165) is 28.3 Å². The third-order valence-electron chi connectivity index (χ3n) is 4.94. The zero-order chi connectivity index (χ0) is 21.8. The van der Waals surface area contributed by atoms with E-state index in [0.29, 0.717) is 11.3 Å². The summed E-state index contributed by atoms with van der Waals surface area (Å²) < 4.78 is 5.21. The highest BCUT2D eigenvalue weighted by molar-refractivity contribution is 6.23. The highest BCUT2D eigenvalue weighted by Crippen LogP contribution is 2.35. The molecule has 1 aliphatic rings. The first-order chi connectivity index (χ1) is 15.0. The van der Waals surface area contributed by atoms with E-state index in [4.69, 9.17) is 4.74 Å². The van der Waals surface area contributed by atoms with Gasteiger partial charge in [-0.05, 0) is 59.7 Å². The maximum absolute atomic E-state index is 13.4. The topological polar surface area (TPSA) is 58.6 Å². The van der Waals surface area contributed by atoms with Crippen molar-refractivity contribution in [3.8, 4) is 5.75 Å². The van der Waals surface area contributed by atoms with Gasteiger partial charge >= 0.3 is 0 Å². The Bertz CT molecular complexity index is 1160. The maximum Gasteiger partial charge on any atom is 0.262 e. The van der Waals surface area contributed by atoms with Crippen LogP contribution in [-0.4, -0.2) is 18.9 Å². The van der Waals surface area contributed by atoms with Crippen molar-refractivity contribution in [2.75, 3.05) is 17.3 Å². The van der Waals surface area contributed by atoms with Crippen LogP contribution in [-0.2, 0) is 9.59 Å². The summed E-state index contributed by atoms with van der Waals surface area (Å²) in [5.74, 6) is 0.517. The van der Waals surface area contributed by atoms with Gasteiger partial charge in [0, 0.05) is 23.9 Å². The fraction of sp³-hybridized carbons (Fsp3) is 0.0769. The number of nitrogens with one attached hydrogen (secondary N) is 1. The van der Waals surface area contributed by atoms with Crippen LogP contribution in [0.5, 0.6) is 5.75 Å². The lowest BCUT2D eigenvalue weighted by atomic mass is 10.1. The largest absolute Gasteiger partial charge is 0.497 e. The van der Waals surface area contributed by atoms with E-state index in [9.17, 15) is 9.59 Å². The van der Waals surface area contributed by atoms with Crippen molar-refractivity contribution in [3.63, 3.8) is 0 Å². The smallest absolute Gasteiger partial charge is 0.262 e. The second-order valence-corrected chi connectivity index (χ2v) is 7.14. The Labute approximate surface area is 181 Å². The summed E-state index contributed by atoms with van der Waals surface area (Å²) in [6, 6.07) is 24.6. The van der Waals surface area contributed by atoms with Crippen molar-refractivity contribution in [1.29, 1.82) is 0 Å². The van der Waals surface area contributed by atoms with Crippen LogP contribution in [0.3, 0.4) is 0 Å². The number of rotatable bonds is 5. The molecule has 0 fully saturated rings. The van der Waals surface area contributed by atoms with Gasteiger partial charge in [0.05, 0.1) is 12.8 Å². The Morgan fingerprint density at radius 1 is 0.935 bits per heavy atom. The van der Waals surface area contributed by atoms with Crippen molar-refractivity contribution in [1.82, 2.24) is 0 Å². The minimum Gasteiger partial charge on any atom is -0.497 e. The molecule has 5 heteroatoms. The van der Waals surface area contributed by atoms with Crippen LogP contribution in [0.25, 0.3) is 11.8 Å². The second-order valence-electron chi connectivity index (χ2n) is 7.14. The van der Waals surface area contributed by atoms with Gasteiger partial charge in [0.2, 0.25) is 5.91 Å². The highest BCUT2D eigenvalue weighted by Gasteiger charge is 2.30. The number of carbonyl (C=O) groups is 2. The van der Waals surface area contributed by atoms with E-state index in [1.165, 1.54) is 6.92 Å². The van der Waals surface area contributed by atoms with Crippen LogP contribution in [0.2, 0.25) is 0 Å². The van der Waals surface area contributed by atoms with Crippen molar-refractivity contribution in [2.45, 2.75) is 6.92 Å². The number of ether oxygens (including phenoxy) is 1. The van der Waals surface area contributed by atoms with E-state index >= 15 is 0 Å². The van der Waals surface area contributed by atoms with Crippen molar-refractivity contribution in [3.05, 3.63) is 102 Å². The van der Waals surface area contributed by atoms with Crippen molar-refractivity contribution < 1.29 is 14.3 Å². The molecule has 3 aromatic rings. The van der Waals surface area contributed by atoms with Crippen molar-refractivity contribution >= 4 is 35.0 Å². The molecule has 0 bridgehead atoms. The molecular weight excluding hydrogens is 388 g/mol. The standard InChI is InChI=1S/C26H22N2O3/c1-18(29)27-22-10-12-23(13-11-22)28-25(20-6-4-3-5-7-20)17-21(26(28)30)16-19-8-14-24(31-2)15-9-19/h3-17H,1-2H3,(H,27,29)/b21-16+. The minimum atomic E-state index is -0.139. The number of amides is 2. The molecular formula is C26H22N2O3. The molecule has 0 aromatic heterocycles. The summed E-state index contributed by atoms with van der Waals surface area (Å²) in [4.78, 5) is 26.4. The number of nitrogens with zero attached hydrogens (tertiary/aromatic N) is 1. The summed E-state index contributed by atoms with van der Waals surface area (Å²) in [6.07, 6.45) is 3.78. The molecule has 1 N–H and O–H groups in total. The monoisotopic (exact) mass is 410 g/mol. The Morgan fingerprint density at radius 3 is 2.23 bits per heavy atom. The molecule has 0 unspecified atom stereocenters. The van der Waals surface area contributed by atoms with Crippen LogP contribution < -0.4 is 15.0 Å². The molecule has 31 heavy (non-hydrogen) atoms. The highest BCUT2D eigenvalue weighted by atomic mass is 16.5. The van der Waals surface area contributed by atoms with Crippen LogP contribution in [0, 0.1) is 0 Å². The molecule has 3 aromatic carbocycles. The van der Waals surface area contributed by atoms with Crippen LogP contribution in [0.1, 0.15) is 18.1 Å². The second kappa shape index (κ2) is 8.71. The predicted molar refractivity (Wildman–Crippen MR) is 124 cm³/mol. The molecule has 4 rings (SSSR count). The van der Waals surface area contributed by atoms with E-state index < -0.39 is 0 Å². The summed E-state index contributed by atoms with van der Waals surface area (Å²) in [5.41, 5.74) is 4.66. The average Bonchev–Trinajstić information content (AvgIpc) is 3.11.